The largest absolute Gasteiger partial charge is 0.494 e. The maximum absolute atomic E-state index is 12.8. The first kappa shape index (κ1) is 20.5. The molecule has 0 radical (unpaired) electrons. The van der Waals surface area contributed by atoms with Crippen molar-refractivity contribution in [1.82, 2.24) is 0 Å². The SMILES string of the molecule is CCOc1ccc(NC(=O)C(C)(C)C(=O)Nc2c(C)cccc2CC)cc1. The molecule has 0 atom stereocenters. The Kier molecular flexibility index (Phi) is 6.61. The lowest BCUT2D eigenvalue weighted by Gasteiger charge is -2.24. The highest BCUT2D eigenvalue weighted by Crippen LogP contribution is 2.26. The Morgan fingerprint density at radius 3 is 2.19 bits per heavy atom. The van der Waals surface area contributed by atoms with E-state index in [9.17, 15) is 9.59 Å². The first-order valence-electron chi connectivity index (χ1n) is 9.23. The van der Waals surface area contributed by atoms with Crippen LogP contribution in [0.1, 0.15) is 38.8 Å². The fourth-order valence-corrected chi connectivity index (χ4v) is 2.66. The average molecular weight is 368 g/mol. The van der Waals surface area contributed by atoms with E-state index in [4.69, 9.17) is 4.74 Å². The summed E-state index contributed by atoms with van der Waals surface area (Å²) in [7, 11) is 0. The van der Waals surface area contributed by atoms with Crippen molar-refractivity contribution in [2.24, 2.45) is 5.41 Å². The number of benzene rings is 2. The molecule has 5 heteroatoms. The van der Waals surface area contributed by atoms with E-state index < -0.39 is 5.41 Å². The maximum Gasteiger partial charge on any atom is 0.239 e. The Balaban J connectivity index is 2.12. The second kappa shape index (κ2) is 8.71. The lowest BCUT2D eigenvalue weighted by atomic mass is 9.90. The summed E-state index contributed by atoms with van der Waals surface area (Å²) in [6, 6.07) is 13.0. The van der Waals surface area contributed by atoms with Gasteiger partial charge < -0.3 is 15.4 Å². The number of anilines is 2. The van der Waals surface area contributed by atoms with E-state index in [1.54, 1.807) is 38.1 Å². The quantitative estimate of drug-likeness (QED) is 0.704. The zero-order valence-electron chi connectivity index (χ0n) is 16.7. The summed E-state index contributed by atoms with van der Waals surface area (Å²) in [6.45, 7) is 9.72. The molecule has 2 amide bonds. The van der Waals surface area contributed by atoms with E-state index in [0.29, 0.717) is 12.3 Å². The van der Waals surface area contributed by atoms with Gasteiger partial charge in [-0.1, -0.05) is 25.1 Å². The van der Waals surface area contributed by atoms with E-state index in [2.05, 4.69) is 10.6 Å². The summed E-state index contributed by atoms with van der Waals surface area (Å²) in [4.78, 5) is 25.5. The van der Waals surface area contributed by atoms with Crippen molar-refractivity contribution >= 4 is 23.2 Å². The topological polar surface area (TPSA) is 67.4 Å². The van der Waals surface area contributed by atoms with E-state index in [-0.39, 0.29) is 11.8 Å². The lowest BCUT2D eigenvalue weighted by Crippen LogP contribution is -2.41. The first-order valence-corrected chi connectivity index (χ1v) is 9.23. The average Bonchev–Trinajstić information content (AvgIpc) is 2.65. The molecule has 5 nitrogen and oxygen atoms in total. The number of hydrogen-bond donors (Lipinski definition) is 2. The van der Waals surface area contributed by atoms with Gasteiger partial charge in [0.1, 0.15) is 11.2 Å². The molecule has 0 saturated carbocycles. The van der Waals surface area contributed by atoms with Gasteiger partial charge in [-0.05, 0) is 69.5 Å². The molecule has 0 bridgehead atoms. The maximum atomic E-state index is 12.8. The Morgan fingerprint density at radius 2 is 1.59 bits per heavy atom. The van der Waals surface area contributed by atoms with Crippen LogP contribution < -0.4 is 15.4 Å². The molecule has 0 aromatic heterocycles. The van der Waals surface area contributed by atoms with E-state index in [1.807, 2.05) is 39.0 Å². The fourth-order valence-electron chi connectivity index (χ4n) is 2.66. The van der Waals surface area contributed by atoms with Gasteiger partial charge in [-0.2, -0.15) is 0 Å². The molecule has 0 aliphatic heterocycles. The van der Waals surface area contributed by atoms with Crippen LogP contribution in [0, 0.1) is 12.3 Å². The summed E-state index contributed by atoms with van der Waals surface area (Å²) in [6.07, 6.45) is 0.802. The van der Waals surface area contributed by atoms with Gasteiger partial charge in [0.25, 0.3) is 0 Å². The van der Waals surface area contributed by atoms with Crippen LogP contribution in [0.5, 0.6) is 5.75 Å². The summed E-state index contributed by atoms with van der Waals surface area (Å²) < 4.78 is 5.39. The van der Waals surface area contributed by atoms with Gasteiger partial charge in [0.15, 0.2) is 0 Å². The molecular formula is C22H28N2O3. The zero-order valence-corrected chi connectivity index (χ0v) is 16.7. The second-order valence-electron chi connectivity index (χ2n) is 6.95. The predicted octanol–water partition coefficient (Wildman–Crippen LogP) is 4.56. The molecule has 2 N–H and O–H groups in total. The third-order valence-electron chi connectivity index (χ3n) is 4.54. The van der Waals surface area contributed by atoms with Gasteiger partial charge >= 0.3 is 0 Å². The van der Waals surface area contributed by atoms with Crippen molar-refractivity contribution < 1.29 is 14.3 Å². The lowest BCUT2D eigenvalue weighted by molar-refractivity contribution is -0.135. The van der Waals surface area contributed by atoms with Gasteiger partial charge in [0.2, 0.25) is 11.8 Å². The highest BCUT2D eigenvalue weighted by molar-refractivity contribution is 6.14. The number of para-hydroxylation sites is 1. The van der Waals surface area contributed by atoms with Crippen molar-refractivity contribution in [3.05, 3.63) is 53.6 Å². The van der Waals surface area contributed by atoms with Crippen LogP contribution in [0.4, 0.5) is 11.4 Å². The fraction of sp³-hybridized carbons (Fsp3) is 0.364. The molecule has 2 rings (SSSR count). The van der Waals surface area contributed by atoms with Crippen LogP contribution in [-0.4, -0.2) is 18.4 Å². The summed E-state index contributed by atoms with van der Waals surface area (Å²) in [5.74, 6) is 0.0323. The molecule has 27 heavy (non-hydrogen) atoms. The number of carbonyl (C=O) groups excluding carboxylic acids is 2. The predicted molar refractivity (Wildman–Crippen MR) is 109 cm³/mol. The van der Waals surface area contributed by atoms with Gasteiger partial charge in [-0.15, -0.1) is 0 Å². The summed E-state index contributed by atoms with van der Waals surface area (Å²) >= 11 is 0. The molecule has 0 spiro atoms. The highest BCUT2D eigenvalue weighted by Gasteiger charge is 2.36. The monoisotopic (exact) mass is 368 g/mol. The number of rotatable bonds is 7. The Labute approximate surface area is 161 Å². The Morgan fingerprint density at radius 1 is 0.963 bits per heavy atom. The van der Waals surface area contributed by atoms with Crippen LogP contribution in [0.25, 0.3) is 0 Å². The Hall–Kier alpha value is -2.82. The van der Waals surface area contributed by atoms with Gasteiger partial charge in [0, 0.05) is 11.4 Å². The van der Waals surface area contributed by atoms with Gasteiger partial charge in [-0.25, -0.2) is 0 Å². The zero-order chi connectivity index (χ0) is 20.0. The number of nitrogens with one attached hydrogen (secondary N) is 2. The molecule has 2 aromatic rings. The number of amides is 2. The molecular weight excluding hydrogens is 340 g/mol. The van der Waals surface area contributed by atoms with Crippen molar-refractivity contribution in [2.75, 3.05) is 17.2 Å². The Bertz CT molecular complexity index is 811. The normalized spacial score (nSPS) is 11.0. The van der Waals surface area contributed by atoms with Crippen molar-refractivity contribution in [3.8, 4) is 5.75 Å². The smallest absolute Gasteiger partial charge is 0.239 e. The van der Waals surface area contributed by atoms with Crippen molar-refractivity contribution in [1.29, 1.82) is 0 Å². The van der Waals surface area contributed by atoms with Crippen LogP contribution in [0.15, 0.2) is 42.5 Å². The number of aryl methyl sites for hydroxylation is 2. The molecule has 0 aliphatic carbocycles. The van der Waals surface area contributed by atoms with Crippen molar-refractivity contribution in [2.45, 2.75) is 41.0 Å². The van der Waals surface area contributed by atoms with Crippen LogP contribution in [-0.2, 0) is 16.0 Å². The second-order valence-corrected chi connectivity index (χ2v) is 6.95. The molecule has 0 fully saturated rings. The van der Waals surface area contributed by atoms with Crippen LogP contribution in [0.2, 0.25) is 0 Å². The molecule has 0 unspecified atom stereocenters. The van der Waals surface area contributed by atoms with Crippen LogP contribution in [0.3, 0.4) is 0 Å². The minimum atomic E-state index is -1.23. The number of hydrogen-bond acceptors (Lipinski definition) is 3. The number of ether oxygens (including phenoxy) is 1. The van der Waals surface area contributed by atoms with E-state index in [1.165, 1.54) is 0 Å². The minimum absolute atomic E-state index is 0.338. The van der Waals surface area contributed by atoms with Crippen molar-refractivity contribution in [3.63, 3.8) is 0 Å². The molecule has 0 saturated heterocycles. The van der Waals surface area contributed by atoms with Gasteiger partial charge in [-0.3, -0.25) is 9.59 Å². The van der Waals surface area contributed by atoms with Crippen LogP contribution >= 0.6 is 0 Å². The third kappa shape index (κ3) is 4.88. The molecule has 2 aromatic carbocycles. The summed E-state index contributed by atoms with van der Waals surface area (Å²) in [5, 5.41) is 5.75. The minimum Gasteiger partial charge on any atom is -0.494 e. The third-order valence-corrected chi connectivity index (χ3v) is 4.54. The molecule has 0 heterocycles. The van der Waals surface area contributed by atoms with E-state index in [0.717, 1.165) is 29.0 Å². The molecule has 0 aliphatic rings. The highest BCUT2D eigenvalue weighted by atomic mass is 16.5. The summed E-state index contributed by atoms with van der Waals surface area (Å²) in [5.41, 5.74) is 2.20. The van der Waals surface area contributed by atoms with Gasteiger partial charge in [0.05, 0.1) is 6.61 Å². The first-order chi connectivity index (χ1) is 12.8. The number of carbonyl (C=O) groups is 2. The van der Waals surface area contributed by atoms with E-state index >= 15 is 0 Å². The molecule has 144 valence electrons. The standard InChI is InChI=1S/C22H28N2O3/c1-6-16-10-8-9-15(3)19(16)24-21(26)22(4,5)20(25)23-17-11-13-18(14-12-17)27-7-2/h8-14H,6-7H2,1-5H3,(H,23,25)(H,24,26).